The maximum atomic E-state index is 10.9. The summed E-state index contributed by atoms with van der Waals surface area (Å²) < 4.78 is 0. The van der Waals surface area contributed by atoms with E-state index in [2.05, 4.69) is 15.7 Å². The summed E-state index contributed by atoms with van der Waals surface area (Å²) in [5, 5.41) is 22.9. The Balaban J connectivity index is 2.39. The fourth-order valence-corrected chi connectivity index (χ4v) is 1.51. The highest BCUT2D eigenvalue weighted by Crippen LogP contribution is 1.94. The summed E-state index contributed by atoms with van der Waals surface area (Å²) in [5.74, 6) is -2.43. The number of imidazole rings is 1. The van der Waals surface area contributed by atoms with E-state index in [1.807, 2.05) is 0 Å². The third kappa shape index (κ3) is 4.52. The van der Waals surface area contributed by atoms with Gasteiger partial charge >= 0.3 is 0 Å². The molecule has 8 heteroatoms. The van der Waals surface area contributed by atoms with Gasteiger partial charge in [0.1, 0.15) is 12.1 Å². The first kappa shape index (κ1) is 14.1. The standard InChI is InChI=1S/C10H16N4O4/c11-7(9(15)16)1-2-13-8(10(17)18)3-6-4-12-5-14-6/h4-5,7-8,13H,1-3,11H2,(H,12,14)(H,15,16)(H,17,18)/t7-,8-/m0/s1. The Bertz CT molecular complexity index is 393. The van der Waals surface area contributed by atoms with Crippen LogP contribution in [0.15, 0.2) is 12.5 Å². The molecule has 6 N–H and O–H groups in total. The van der Waals surface area contributed by atoms with Crippen LogP contribution in [0.1, 0.15) is 12.1 Å². The number of carboxylic acids is 2. The van der Waals surface area contributed by atoms with Gasteiger partial charge in [0.2, 0.25) is 0 Å². The van der Waals surface area contributed by atoms with Gasteiger partial charge in [-0.05, 0) is 0 Å². The molecule has 18 heavy (non-hydrogen) atoms. The Morgan fingerprint density at radius 1 is 1.44 bits per heavy atom. The van der Waals surface area contributed by atoms with E-state index in [4.69, 9.17) is 0 Å². The highest BCUT2D eigenvalue weighted by Gasteiger charge is 2.16. The van der Waals surface area contributed by atoms with E-state index in [1.165, 1.54) is 17.8 Å². The van der Waals surface area contributed by atoms with Crippen molar-refractivity contribution in [3.63, 3.8) is 0 Å². The smallest absolute Gasteiger partial charge is 0.132 e. The minimum absolute atomic E-state index is 0.245. The van der Waals surface area contributed by atoms with Crippen LogP contribution >= 0.6 is 0 Å². The van der Waals surface area contributed by atoms with E-state index in [0.29, 0.717) is 12.2 Å². The largest absolute Gasteiger partial charge is 0.544 e. The highest BCUT2D eigenvalue weighted by atomic mass is 16.4. The number of aromatic amines is 1. The summed E-state index contributed by atoms with van der Waals surface area (Å²) in [4.78, 5) is 27.9. The van der Waals surface area contributed by atoms with Crippen LogP contribution in [0.4, 0.5) is 0 Å². The monoisotopic (exact) mass is 256 g/mol. The molecule has 1 rings (SSSR count). The third-order valence-corrected chi connectivity index (χ3v) is 2.60. The average Bonchev–Trinajstić information content (AvgIpc) is 2.79. The zero-order valence-electron chi connectivity index (χ0n) is 9.80. The second-order valence-electron chi connectivity index (χ2n) is 4.04. The van der Waals surface area contributed by atoms with Crippen molar-refractivity contribution in [2.45, 2.75) is 24.9 Å². The van der Waals surface area contributed by atoms with Crippen molar-refractivity contribution in [3.05, 3.63) is 18.2 Å². The number of aromatic nitrogens is 2. The molecule has 0 saturated carbocycles. The Kier molecular flexibility index (Phi) is 5.28. The molecule has 0 spiro atoms. The summed E-state index contributed by atoms with van der Waals surface area (Å²) in [5.41, 5.74) is 4.08. The van der Waals surface area contributed by atoms with Gasteiger partial charge in [-0.2, -0.15) is 0 Å². The fraction of sp³-hybridized carbons (Fsp3) is 0.500. The van der Waals surface area contributed by atoms with Crippen molar-refractivity contribution >= 4 is 11.9 Å². The van der Waals surface area contributed by atoms with Crippen molar-refractivity contribution in [2.75, 3.05) is 6.54 Å². The first-order valence-corrected chi connectivity index (χ1v) is 5.56. The summed E-state index contributed by atoms with van der Waals surface area (Å²) in [6.07, 6.45) is 3.49. The Morgan fingerprint density at radius 2 is 2.17 bits per heavy atom. The highest BCUT2D eigenvalue weighted by molar-refractivity contribution is 5.70. The van der Waals surface area contributed by atoms with Crippen LogP contribution in [0.25, 0.3) is 0 Å². The number of nitrogens with two attached hydrogens (primary N) is 1. The molecule has 0 aromatic carbocycles. The van der Waals surface area contributed by atoms with E-state index in [-0.39, 0.29) is 12.8 Å². The number of H-pyrrole nitrogens is 1. The number of quaternary nitrogens is 2. The van der Waals surface area contributed by atoms with E-state index in [0.717, 1.165) is 0 Å². The van der Waals surface area contributed by atoms with Crippen molar-refractivity contribution < 1.29 is 30.9 Å². The quantitative estimate of drug-likeness (QED) is 0.423. The minimum atomic E-state index is -1.23. The van der Waals surface area contributed by atoms with Gasteiger partial charge < -0.3 is 35.8 Å². The molecule has 0 aliphatic rings. The van der Waals surface area contributed by atoms with Crippen LogP contribution in [0.2, 0.25) is 0 Å². The van der Waals surface area contributed by atoms with Crippen molar-refractivity contribution in [1.82, 2.24) is 9.97 Å². The minimum Gasteiger partial charge on any atom is -0.544 e. The second kappa shape index (κ2) is 6.72. The van der Waals surface area contributed by atoms with Gasteiger partial charge in [-0.15, -0.1) is 0 Å². The maximum absolute atomic E-state index is 10.9. The van der Waals surface area contributed by atoms with Crippen molar-refractivity contribution in [1.29, 1.82) is 0 Å². The molecule has 0 unspecified atom stereocenters. The van der Waals surface area contributed by atoms with Crippen LogP contribution in [0.3, 0.4) is 0 Å². The number of aliphatic carboxylic acids is 2. The first-order valence-electron chi connectivity index (χ1n) is 5.56. The van der Waals surface area contributed by atoms with Gasteiger partial charge in [-0.25, -0.2) is 4.98 Å². The number of hydrogen-bond donors (Lipinski definition) is 3. The second-order valence-corrected chi connectivity index (χ2v) is 4.04. The van der Waals surface area contributed by atoms with E-state index in [9.17, 15) is 19.8 Å². The molecule has 8 nitrogen and oxygen atoms in total. The van der Waals surface area contributed by atoms with Gasteiger partial charge in [0.25, 0.3) is 0 Å². The van der Waals surface area contributed by atoms with Crippen molar-refractivity contribution in [3.8, 4) is 0 Å². The van der Waals surface area contributed by atoms with Gasteiger partial charge in [-0.1, -0.05) is 0 Å². The number of carbonyl (C=O) groups excluding carboxylic acids is 2. The van der Waals surface area contributed by atoms with Crippen LogP contribution in [0.5, 0.6) is 0 Å². The van der Waals surface area contributed by atoms with Gasteiger partial charge in [-0.3, -0.25) is 0 Å². The summed E-state index contributed by atoms with van der Waals surface area (Å²) in [7, 11) is 0. The number of carbonyl (C=O) groups is 2. The topological polar surface area (TPSA) is 153 Å². The lowest BCUT2D eigenvalue weighted by atomic mass is 10.1. The van der Waals surface area contributed by atoms with Gasteiger partial charge in [0, 0.05) is 18.3 Å². The number of nitrogens with zero attached hydrogens (tertiary/aromatic N) is 1. The first-order chi connectivity index (χ1) is 8.50. The molecule has 0 radical (unpaired) electrons. The van der Waals surface area contributed by atoms with E-state index in [1.54, 1.807) is 0 Å². The number of nitrogens with one attached hydrogen (secondary N) is 1. The molecule has 1 aromatic rings. The zero-order chi connectivity index (χ0) is 13.5. The average molecular weight is 256 g/mol. The lowest BCUT2D eigenvalue weighted by Crippen LogP contribution is -2.94. The SMILES string of the molecule is [NH3+][C@@H](CC[NH2+][C@@H](Cc1cnc[nH]1)C(=O)[O-])C(=O)[O-]. The number of carboxylic acid groups (broad SMARTS) is 2. The lowest BCUT2D eigenvalue weighted by Gasteiger charge is -2.16. The Morgan fingerprint density at radius 3 is 2.67 bits per heavy atom. The predicted octanol–water partition coefficient (Wildman–Crippen LogP) is -5.62. The van der Waals surface area contributed by atoms with E-state index >= 15 is 0 Å². The molecular formula is C10H16N4O4. The zero-order valence-corrected chi connectivity index (χ0v) is 9.80. The van der Waals surface area contributed by atoms with Crippen LogP contribution in [-0.4, -0.2) is 40.5 Å². The molecule has 2 atom stereocenters. The molecule has 0 aliphatic heterocycles. The molecule has 1 aromatic heterocycles. The Labute approximate surface area is 103 Å². The van der Waals surface area contributed by atoms with Crippen molar-refractivity contribution in [2.24, 2.45) is 0 Å². The predicted molar refractivity (Wildman–Crippen MR) is 54.2 cm³/mol. The molecule has 0 aliphatic carbocycles. The number of rotatable bonds is 8. The molecule has 0 fully saturated rings. The van der Waals surface area contributed by atoms with E-state index < -0.39 is 24.0 Å². The molecule has 0 amide bonds. The molecule has 100 valence electrons. The Hall–Kier alpha value is -1.93. The summed E-state index contributed by atoms with van der Waals surface area (Å²) in [6, 6.07) is -1.62. The lowest BCUT2D eigenvalue weighted by molar-refractivity contribution is -0.686. The van der Waals surface area contributed by atoms with Gasteiger partial charge in [0.05, 0.1) is 31.2 Å². The van der Waals surface area contributed by atoms with Gasteiger partial charge in [0.15, 0.2) is 0 Å². The van der Waals surface area contributed by atoms with Crippen LogP contribution < -0.4 is 21.3 Å². The number of hydrogen-bond acceptors (Lipinski definition) is 5. The fourth-order valence-electron chi connectivity index (χ4n) is 1.51. The molecule has 0 bridgehead atoms. The summed E-state index contributed by atoms with van der Waals surface area (Å²) >= 11 is 0. The third-order valence-electron chi connectivity index (χ3n) is 2.60. The normalized spacial score (nSPS) is 14.1. The van der Waals surface area contributed by atoms with Crippen LogP contribution in [-0.2, 0) is 16.0 Å². The molecule has 0 saturated heterocycles. The molecular weight excluding hydrogens is 240 g/mol. The summed E-state index contributed by atoms with van der Waals surface area (Å²) in [6.45, 7) is 0.328. The molecule has 1 heterocycles. The maximum Gasteiger partial charge on any atom is 0.132 e. The van der Waals surface area contributed by atoms with Crippen LogP contribution in [0, 0.1) is 0 Å².